The average molecular weight is 311 g/mol. The van der Waals surface area contributed by atoms with E-state index in [1.54, 1.807) is 6.92 Å². The molecule has 1 unspecified atom stereocenters. The highest BCUT2D eigenvalue weighted by Gasteiger charge is 2.18. The van der Waals surface area contributed by atoms with Crippen molar-refractivity contribution in [3.05, 3.63) is 23.8 Å². The SMILES string of the molecule is CC(Cl)Cc1ccc(S(C)(=O)=O)cc1S(C)(=O)=O. The van der Waals surface area contributed by atoms with Gasteiger partial charge in [-0.05, 0) is 31.0 Å². The minimum absolute atomic E-state index is 0.00565. The number of hydrogen-bond donors (Lipinski definition) is 0. The van der Waals surface area contributed by atoms with Crippen LogP contribution in [0, 0.1) is 0 Å². The molecule has 1 rings (SSSR count). The number of alkyl halides is 1. The first-order valence-electron chi connectivity index (χ1n) is 5.19. The van der Waals surface area contributed by atoms with Gasteiger partial charge in [-0.2, -0.15) is 0 Å². The molecule has 18 heavy (non-hydrogen) atoms. The first kappa shape index (κ1) is 15.5. The van der Waals surface area contributed by atoms with Gasteiger partial charge in [0.25, 0.3) is 0 Å². The van der Waals surface area contributed by atoms with E-state index in [0.29, 0.717) is 12.0 Å². The molecular weight excluding hydrogens is 296 g/mol. The number of sulfone groups is 2. The molecule has 0 aliphatic rings. The Balaban J connectivity index is 3.49. The summed E-state index contributed by atoms with van der Waals surface area (Å²) in [6.45, 7) is 1.75. The second kappa shape index (κ2) is 5.19. The second-order valence-electron chi connectivity index (χ2n) is 4.30. The highest BCUT2D eigenvalue weighted by Crippen LogP contribution is 2.23. The number of rotatable bonds is 4. The van der Waals surface area contributed by atoms with Crippen LogP contribution < -0.4 is 0 Å². The van der Waals surface area contributed by atoms with Crippen molar-refractivity contribution in [3.8, 4) is 0 Å². The lowest BCUT2D eigenvalue weighted by Gasteiger charge is -2.10. The highest BCUT2D eigenvalue weighted by atomic mass is 35.5. The van der Waals surface area contributed by atoms with Crippen LogP contribution in [0.4, 0.5) is 0 Å². The van der Waals surface area contributed by atoms with Crippen LogP contribution in [0.1, 0.15) is 12.5 Å². The molecule has 0 fully saturated rings. The minimum atomic E-state index is -3.48. The molecule has 0 aliphatic heterocycles. The van der Waals surface area contributed by atoms with E-state index in [-0.39, 0.29) is 15.2 Å². The summed E-state index contributed by atoms with van der Waals surface area (Å²) in [5.41, 5.74) is 0.535. The summed E-state index contributed by atoms with van der Waals surface area (Å²) in [6.07, 6.45) is 2.46. The largest absolute Gasteiger partial charge is 0.224 e. The molecule has 0 saturated heterocycles. The van der Waals surface area contributed by atoms with Gasteiger partial charge in [-0.3, -0.25) is 0 Å². The normalized spacial score (nSPS) is 14.4. The van der Waals surface area contributed by atoms with Gasteiger partial charge in [0, 0.05) is 17.9 Å². The van der Waals surface area contributed by atoms with Crippen molar-refractivity contribution in [2.75, 3.05) is 12.5 Å². The molecule has 0 aromatic heterocycles. The van der Waals surface area contributed by atoms with Crippen LogP contribution in [0.3, 0.4) is 0 Å². The molecule has 0 saturated carbocycles. The number of benzene rings is 1. The molecule has 4 nitrogen and oxygen atoms in total. The van der Waals surface area contributed by atoms with Gasteiger partial charge in [-0.25, -0.2) is 16.8 Å². The fourth-order valence-electron chi connectivity index (χ4n) is 1.58. The van der Waals surface area contributed by atoms with E-state index < -0.39 is 19.7 Å². The molecule has 0 radical (unpaired) electrons. The summed E-state index contributed by atoms with van der Waals surface area (Å²) in [5, 5.41) is -0.227. The first-order chi connectivity index (χ1) is 8.01. The van der Waals surface area contributed by atoms with E-state index in [1.807, 2.05) is 0 Å². The zero-order valence-corrected chi connectivity index (χ0v) is 12.7. The Labute approximate surface area is 113 Å². The zero-order valence-electron chi connectivity index (χ0n) is 10.3. The van der Waals surface area contributed by atoms with Gasteiger partial charge in [-0.15, -0.1) is 11.6 Å². The summed E-state index contributed by atoms with van der Waals surface area (Å²) in [4.78, 5) is 0.0202. The molecule has 0 N–H and O–H groups in total. The molecule has 1 aromatic rings. The summed E-state index contributed by atoms with van der Waals surface area (Å²) in [5.74, 6) is 0. The molecular formula is C11H15ClO4S2. The minimum Gasteiger partial charge on any atom is -0.224 e. The second-order valence-corrected chi connectivity index (χ2v) is 9.04. The molecule has 0 amide bonds. The van der Waals surface area contributed by atoms with Crippen LogP contribution in [-0.2, 0) is 26.1 Å². The lowest BCUT2D eigenvalue weighted by Crippen LogP contribution is -2.08. The van der Waals surface area contributed by atoms with E-state index in [2.05, 4.69) is 0 Å². The van der Waals surface area contributed by atoms with Crippen LogP contribution in [0.15, 0.2) is 28.0 Å². The smallest absolute Gasteiger partial charge is 0.175 e. The Morgan fingerprint density at radius 1 is 1.11 bits per heavy atom. The topological polar surface area (TPSA) is 68.3 Å². The summed E-state index contributed by atoms with van der Waals surface area (Å²) in [6, 6.07) is 4.10. The molecule has 102 valence electrons. The van der Waals surface area contributed by atoms with Gasteiger partial charge >= 0.3 is 0 Å². The average Bonchev–Trinajstić information content (AvgIpc) is 2.13. The van der Waals surface area contributed by atoms with E-state index in [4.69, 9.17) is 11.6 Å². The van der Waals surface area contributed by atoms with Crippen molar-refractivity contribution < 1.29 is 16.8 Å². The Morgan fingerprint density at radius 2 is 1.67 bits per heavy atom. The third-order valence-corrected chi connectivity index (χ3v) is 4.81. The zero-order chi connectivity index (χ0) is 14.1. The maximum Gasteiger partial charge on any atom is 0.175 e. The maximum absolute atomic E-state index is 11.7. The summed E-state index contributed by atoms with van der Waals surface area (Å²) in [7, 11) is -6.91. The third-order valence-electron chi connectivity index (χ3n) is 2.37. The summed E-state index contributed by atoms with van der Waals surface area (Å²) < 4.78 is 46.2. The molecule has 0 aliphatic carbocycles. The lowest BCUT2D eigenvalue weighted by atomic mass is 10.1. The predicted molar refractivity (Wildman–Crippen MR) is 71.7 cm³/mol. The van der Waals surface area contributed by atoms with Crippen molar-refractivity contribution in [1.82, 2.24) is 0 Å². The van der Waals surface area contributed by atoms with Crippen LogP contribution in [0.2, 0.25) is 0 Å². The maximum atomic E-state index is 11.7. The van der Waals surface area contributed by atoms with Crippen LogP contribution in [0.5, 0.6) is 0 Å². The third kappa shape index (κ3) is 3.96. The highest BCUT2D eigenvalue weighted by molar-refractivity contribution is 7.91. The van der Waals surface area contributed by atoms with E-state index >= 15 is 0 Å². The van der Waals surface area contributed by atoms with Crippen molar-refractivity contribution in [1.29, 1.82) is 0 Å². The first-order valence-corrected chi connectivity index (χ1v) is 9.41. The van der Waals surface area contributed by atoms with Crippen molar-refractivity contribution >= 4 is 31.3 Å². The van der Waals surface area contributed by atoms with Crippen molar-refractivity contribution in [2.24, 2.45) is 0 Å². The lowest BCUT2D eigenvalue weighted by molar-refractivity contribution is 0.599. The fraction of sp³-hybridized carbons (Fsp3) is 0.455. The molecule has 0 spiro atoms. The number of halogens is 1. The fourth-order valence-corrected chi connectivity index (χ4v) is 3.44. The van der Waals surface area contributed by atoms with Crippen LogP contribution >= 0.6 is 11.6 Å². The van der Waals surface area contributed by atoms with Gasteiger partial charge in [-0.1, -0.05) is 6.07 Å². The van der Waals surface area contributed by atoms with Crippen LogP contribution in [0.25, 0.3) is 0 Å². The van der Waals surface area contributed by atoms with E-state index in [0.717, 1.165) is 12.5 Å². The monoisotopic (exact) mass is 310 g/mol. The van der Waals surface area contributed by atoms with Gasteiger partial charge < -0.3 is 0 Å². The van der Waals surface area contributed by atoms with Crippen LogP contribution in [-0.4, -0.2) is 34.7 Å². The Hall–Kier alpha value is -0.590. The van der Waals surface area contributed by atoms with E-state index in [1.165, 1.54) is 18.2 Å². The predicted octanol–water partition coefficient (Wildman–Crippen LogP) is 1.66. The molecule has 7 heteroatoms. The molecule has 1 aromatic carbocycles. The Bertz CT molecular complexity index is 646. The van der Waals surface area contributed by atoms with Gasteiger partial charge in [0.15, 0.2) is 19.7 Å². The molecule has 0 heterocycles. The molecule has 0 bridgehead atoms. The Morgan fingerprint density at radius 3 is 2.06 bits per heavy atom. The Kier molecular flexibility index (Phi) is 4.46. The van der Waals surface area contributed by atoms with Crippen molar-refractivity contribution in [2.45, 2.75) is 28.5 Å². The molecule has 1 atom stereocenters. The van der Waals surface area contributed by atoms with Gasteiger partial charge in [0.05, 0.1) is 9.79 Å². The van der Waals surface area contributed by atoms with Gasteiger partial charge in [0.1, 0.15) is 0 Å². The standard InChI is InChI=1S/C11H15ClO4S2/c1-8(12)6-9-4-5-10(17(2,13)14)7-11(9)18(3,15)16/h4-5,7-8H,6H2,1-3H3. The van der Waals surface area contributed by atoms with Crippen molar-refractivity contribution in [3.63, 3.8) is 0 Å². The van der Waals surface area contributed by atoms with Gasteiger partial charge in [0.2, 0.25) is 0 Å². The number of hydrogen-bond acceptors (Lipinski definition) is 4. The quantitative estimate of drug-likeness (QED) is 0.793. The summed E-state index contributed by atoms with van der Waals surface area (Å²) >= 11 is 5.85. The van der Waals surface area contributed by atoms with E-state index in [9.17, 15) is 16.8 Å².